The zero-order chi connectivity index (χ0) is 13.2. The molecule has 1 spiro atoms. The Hall–Kier alpha value is -0.0900. The van der Waals surface area contributed by atoms with Crippen molar-refractivity contribution < 1.29 is 17.1 Å². The van der Waals surface area contributed by atoms with E-state index in [0.717, 1.165) is 12.5 Å². The summed E-state index contributed by atoms with van der Waals surface area (Å²) in [6.07, 6.45) is 8.59. The summed E-state index contributed by atoms with van der Waals surface area (Å²) in [4.78, 5) is 4.33. The lowest BCUT2D eigenvalue weighted by atomic mass is 9.67. The first-order valence-electron chi connectivity index (χ1n) is 8.35. The van der Waals surface area contributed by atoms with Crippen molar-refractivity contribution in [3.05, 3.63) is 21.9 Å². The topological polar surface area (TPSA) is 12.5 Å². The van der Waals surface area contributed by atoms with Crippen molar-refractivity contribution in [1.82, 2.24) is 4.90 Å². The van der Waals surface area contributed by atoms with Gasteiger partial charge in [0.2, 0.25) is 0 Å². The van der Waals surface area contributed by atoms with Gasteiger partial charge in [-0.3, -0.25) is 0 Å². The maximum atomic E-state index is 6.90. The summed E-state index contributed by atoms with van der Waals surface area (Å²) in [7, 11) is 0. The van der Waals surface area contributed by atoms with Crippen molar-refractivity contribution >= 4 is 11.3 Å². The van der Waals surface area contributed by atoms with E-state index in [-0.39, 0.29) is 18.0 Å². The third-order valence-electron chi connectivity index (χ3n) is 6.26. The molecule has 2 bridgehead atoms. The summed E-state index contributed by atoms with van der Waals surface area (Å²) in [5.41, 5.74) is 1.64. The molecule has 0 aromatic carbocycles. The van der Waals surface area contributed by atoms with Gasteiger partial charge in [-0.05, 0) is 61.7 Å². The minimum absolute atomic E-state index is 0. The highest BCUT2D eigenvalue weighted by molar-refractivity contribution is 7.10. The van der Waals surface area contributed by atoms with Crippen molar-refractivity contribution in [1.29, 1.82) is 0 Å². The maximum absolute atomic E-state index is 6.90. The Balaban J connectivity index is 0.00000115. The zero-order valence-corrected chi connectivity index (χ0v) is 14.0. The van der Waals surface area contributed by atoms with Crippen LogP contribution >= 0.6 is 11.3 Å². The molecule has 0 amide bonds. The van der Waals surface area contributed by atoms with E-state index in [4.69, 9.17) is 4.74 Å². The lowest BCUT2D eigenvalue weighted by Gasteiger charge is -2.57. The Morgan fingerprint density at radius 3 is 2.71 bits per heavy atom. The van der Waals surface area contributed by atoms with Gasteiger partial charge in [0.05, 0.1) is 6.10 Å². The molecular formula is C17H23ClNOS-. The van der Waals surface area contributed by atoms with Crippen LogP contribution in [0.25, 0.3) is 0 Å². The molecule has 1 aliphatic carbocycles. The lowest BCUT2D eigenvalue weighted by Crippen LogP contribution is -3.00. The van der Waals surface area contributed by atoms with Crippen LogP contribution in [0.15, 0.2) is 11.4 Å². The molecule has 0 radical (unpaired) electrons. The third kappa shape index (κ3) is 1.97. The zero-order valence-electron chi connectivity index (χ0n) is 12.4. The molecule has 5 heterocycles. The predicted molar refractivity (Wildman–Crippen MR) is 81.2 cm³/mol. The van der Waals surface area contributed by atoms with Crippen molar-refractivity contribution in [2.24, 2.45) is 5.92 Å². The van der Waals surface area contributed by atoms with Gasteiger partial charge in [-0.1, -0.05) is 12.8 Å². The van der Waals surface area contributed by atoms with Gasteiger partial charge < -0.3 is 22.0 Å². The van der Waals surface area contributed by atoms with Crippen LogP contribution in [0.4, 0.5) is 0 Å². The number of ether oxygens (including phenoxy) is 1. The molecule has 1 aromatic rings. The van der Waals surface area contributed by atoms with Gasteiger partial charge in [0, 0.05) is 17.3 Å². The van der Waals surface area contributed by atoms with Gasteiger partial charge in [0.1, 0.15) is 5.60 Å². The molecule has 6 rings (SSSR count). The first-order chi connectivity index (χ1) is 9.87. The van der Waals surface area contributed by atoms with E-state index in [1.54, 1.807) is 10.4 Å². The minimum atomic E-state index is 0. The molecule has 3 atom stereocenters. The summed E-state index contributed by atoms with van der Waals surface area (Å²) in [6, 6.07) is 2.40. The Bertz CT molecular complexity index is 525. The molecule has 0 N–H and O–H groups in total. The van der Waals surface area contributed by atoms with Gasteiger partial charge in [0.25, 0.3) is 0 Å². The fourth-order valence-corrected chi connectivity index (χ4v) is 6.45. The number of hydrogen-bond acceptors (Lipinski definition) is 3. The summed E-state index contributed by atoms with van der Waals surface area (Å²) in [6.45, 7) is 3.75. The monoisotopic (exact) mass is 324 g/mol. The number of piperidine rings is 3. The quantitative estimate of drug-likeness (QED) is 0.697. The smallest absolute Gasteiger partial charge is 0.110 e. The first kappa shape index (κ1) is 14.5. The van der Waals surface area contributed by atoms with Crippen LogP contribution in [0.3, 0.4) is 0 Å². The summed E-state index contributed by atoms with van der Waals surface area (Å²) in [5, 5.41) is 2.32. The van der Waals surface area contributed by atoms with Crippen LogP contribution < -0.4 is 12.4 Å². The van der Waals surface area contributed by atoms with E-state index in [9.17, 15) is 0 Å². The number of halogens is 1. The van der Waals surface area contributed by atoms with Crippen LogP contribution in [0.2, 0.25) is 0 Å². The van der Waals surface area contributed by atoms with Crippen molar-refractivity contribution in [2.75, 3.05) is 19.6 Å². The second kappa shape index (κ2) is 5.23. The van der Waals surface area contributed by atoms with Crippen LogP contribution in [0.1, 0.15) is 54.9 Å². The number of hydrogen-bond donors (Lipinski definition) is 0. The number of nitrogens with zero attached hydrogens (tertiary/aromatic N) is 1. The van der Waals surface area contributed by atoms with E-state index >= 15 is 0 Å². The SMILES string of the molecule is [Cl-].c1cc2c(s1)C1CCCCC1OC21CN2CCC1CC2. The molecule has 2 nitrogen and oxygen atoms in total. The molecule has 116 valence electrons. The highest BCUT2D eigenvalue weighted by atomic mass is 35.5. The largest absolute Gasteiger partial charge is 1.00 e. The fourth-order valence-electron chi connectivity index (χ4n) is 5.29. The van der Waals surface area contributed by atoms with Gasteiger partial charge in [0.15, 0.2) is 0 Å². The predicted octanol–water partition coefficient (Wildman–Crippen LogP) is 0.729. The number of thiophene rings is 1. The van der Waals surface area contributed by atoms with Crippen LogP contribution in [0.5, 0.6) is 0 Å². The van der Waals surface area contributed by atoms with Gasteiger partial charge >= 0.3 is 0 Å². The standard InChI is InChI=1S/C17H23NOS.ClH/c1-2-4-15-13(3-1)16-14(7-10-20-16)17(19-15)11-18-8-5-12(17)6-9-18;/h7,10,12-13,15H,1-6,8-9,11H2;1H/p-1. The normalized spacial score (nSPS) is 44.0. The molecule has 3 unspecified atom stereocenters. The fraction of sp³-hybridized carbons (Fsp3) is 0.765. The Morgan fingerprint density at radius 1 is 1.14 bits per heavy atom. The van der Waals surface area contributed by atoms with Crippen LogP contribution in [-0.4, -0.2) is 30.6 Å². The minimum Gasteiger partial charge on any atom is -1.00 e. The third-order valence-corrected chi connectivity index (χ3v) is 7.31. The molecule has 5 aliphatic rings. The second-order valence-corrected chi connectivity index (χ2v) is 8.13. The summed E-state index contributed by atoms with van der Waals surface area (Å²) in [5.74, 6) is 1.48. The first-order valence-corrected chi connectivity index (χ1v) is 9.23. The Morgan fingerprint density at radius 2 is 1.95 bits per heavy atom. The van der Waals surface area contributed by atoms with E-state index in [1.807, 2.05) is 11.3 Å². The molecular weight excluding hydrogens is 302 g/mol. The maximum Gasteiger partial charge on any atom is 0.110 e. The highest BCUT2D eigenvalue weighted by Crippen LogP contribution is 2.55. The molecule has 1 aromatic heterocycles. The second-order valence-electron chi connectivity index (χ2n) is 7.19. The van der Waals surface area contributed by atoms with E-state index in [2.05, 4.69) is 16.3 Å². The summed E-state index contributed by atoms with van der Waals surface area (Å²) < 4.78 is 6.90. The van der Waals surface area contributed by atoms with Gasteiger partial charge in [-0.2, -0.15) is 0 Å². The molecule has 1 saturated carbocycles. The molecule has 4 aliphatic heterocycles. The Kier molecular flexibility index (Phi) is 3.61. The molecule has 3 saturated heterocycles. The average Bonchev–Trinajstić information content (AvgIpc) is 2.99. The van der Waals surface area contributed by atoms with Crippen molar-refractivity contribution in [2.45, 2.75) is 56.1 Å². The van der Waals surface area contributed by atoms with Crippen molar-refractivity contribution in [3.8, 4) is 0 Å². The molecule has 21 heavy (non-hydrogen) atoms. The van der Waals surface area contributed by atoms with Gasteiger partial charge in [-0.25, -0.2) is 0 Å². The summed E-state index contributed by atoms with van der Waals surface area (Å²) >= 11 is 2.01. The van der Waals surface area contributed by atoms with E-state index in [0.29, 0.717) is 12.0 Å². The highest BCUT2D eigenvalue weighted by Gasteiger charge is 2.55. The van der Waals surface area contributed by atoms with Crippen LogP contribution in [0, 0.1) is 5.92 Å². The average molecular weight is 325 g/mol. The van der Waals surface area contributed by atoms with Crippen molar-refractivity contribution in [3.63, 3.8) is 0 Å². The van der Waals surface area contributed by atoms with E-state index < -0.39 is 0 Å². The molecule has 4 fully saturated rings. The number of rotatable bonds is 0. The molecule has 4 heteroatoms. The number of fused-ring (bicyclic) bond motifs is 5. The van der Waals surface area contributed by atoms with Crippen LogP contribution in [-0.2, 0) is 10.3 Å². The Labute approximate surface area is 137 Å². The lowest BCUT2D eigenvalue weighted by molar-refractivity contribution is -0.206. The van der Waals surface area contributed by atoms with Gasteiger partial charge in [-0.15, -0.1) is 11.3 Å². The van der Waals surface area contributed by atoms with E-state index in [1.165, 1.54) is 51.6 Å².